The number of unbranched alkanes of at least 4 members (excludes halogenated alkanes) is 1. The average molecular weight is 486 g/mol. The van der Waals surface area contributed by atoms with Crippen molar-refractivity contribution in [2.75, 3.05) is 12.3 Å². The quantitative estimate of drug-likeness (QED) is 0.215. The number of hydrogen-bond acceptors (Lipinski definition) is 5. The Balaban J connectivity index is 1.38. The van der Waals surface area contributed by atoms with Crippen LogP contribution in [0.25, 0.3) is 10.9 Å². The Labute approximate surface area is 186 Å². The number of amides is 2. The molecule has 2 amide bonds. The van der Waals surface area contributed by atoms with Gasteiger partial charge in [-0.15, -0.1) is 0 Å². The molecule has 0 radical (unpaired) electrons. The second-order valence-corrected chi connectivity index (χ2v) is 8.95. The highest BCUT2D eigenvalue weighted by atomic mass is 79.9. The fourth-order valence-electron chi connectivity index (χ4n) is 3.54. The third-order valence-electron chi connectivity index (χ3n) is 5.08. The van der Waals surface area contributed by atoms with Crippen LogP contribution in [0.1, 0.15) is 40.5 Å². The number of aromatic nitrogens is 2. The van der Waals surface area contributed by atoms with Crippen molar-refractivity contribution in [1.29, 1.82) is 0 Å². The minimum absolute atomic E-state index is 0.0441. The lowest BCUT2D eigenvalue weighted by Gasteiger charge is -2.14. The van der Waals surface area contributed by atoms with Crippen molar-refractivity contribution in [3.63, 3.8) is 0 Å². The first kappa shape index (κ1) is 20.8. The van der Waals surface area contributed by atoms with Gasteiger partial charge in [-0.25, -0.2) is 4.98 Å². The maximum atomic E-state index is 12.8. The van der Waals surface area contributed by atoms with Crippen LogP contribution >= 0.6 is 27.7 Å². The van der Waals surface area contributed by atoms with Crippen molar-refractivity contribution >= 4 is 50.4 Å². The second kappa shape index (κ2) is 8.73. The molecule has 1 aliphatic rings. The number of benzene rings is 2. The minimum atomic E-state index is -0.217. The number of imide groups is 1. The fourth-order valence-corrected chi connectivity index (χ4v) is 4.96. The normalized spacial score (nSPS) is 13.3. The highest BCUT2D eigenvalue weighted by molar-refractivity contribution is 9.10. The van der Waals surface area contributed by atoms with E-state index < -0.39 is 0 Å². The maximum Gasteiger partial charge on any atom is 0.262 e. The van der Waals surface area contributed by atoms with E-state index in [4.69, 9.17) is 0 Å². The van der Waals surface area contributed by atoms with E-state index in [1.54, 1.807) is 34.9 Å². The van der Waals surface area contributed by atoms with Gasteiger partial charge < -0.3 is 0 Å². The van der Waals surface area contributed by atoms with E-state index in [0.717, 1.165) is 16.6 Å². The van der Waals surface area contributed by atoms with Gasteiger partial charge in [-0.05, 0) is 50.1 Å². The molecule has 1 aliphatic heterocycles. The molecule has 0 saturated carbocycles. The SMILES string of the molecule is CCn1c(SCCCCN2C(=O)c3ccccc3C2=O)nc2ccc(Br)cc2c1=O. The molecule has 0 aliphatic carbocycles. The molecule has 4 rings (SSSR count). The molecule has 1 aromatic heterocycles. The molecular weight excluding hydrogens is 466 g/mol. The van der Waals surface area contributed by atoms with E-state index in [1.807, 2.05) is 19.1 Å². The maximum absolute atomic E-state index is 12.8. The Morgan fingerprint density at radius 3 is 2.37 bits per heavy atom. The van der Waals surface area contributed by atoms with E-state index in [2.05, 4.69) is 20.9 Å². The van der Waals surface area contributed by atoms with Gasteiger partial charge in [0, 0.05) is 23.3 Å². The van der Waals surface area contributed by atoms with Crippen molar-refractivity contribution in [1.82, 2.24) is 14.5 Å². The highest BCUT2D eigenvalue weighted by Gasteiger charge is 2.34. The van der Waals surface area contributed by atoms with Crippen molar-refractivity contribution in [3.8, 4) is 0 Å². The van der Waals surface area contributed by atoms with Gasteiger partial charge in [-0.2, -0.15) is 0 Å². The Morgan fingerprint density at radius 2 is 1.70 bits per heavy atom. The first-order valence-corrected chi connectivity index (χ1v) is 11.6. The fraction of sp³-hybridized carbons (Fsp3) is 0.273. The Bertz CT molecular complexity index is 1170. The standard InChI is InChI=1S/C22H20BrN3O3S/c1-2-25-21(29)17-13-14(23)9-10-18(17)24-22(25)30-12-6-5-11-26-19(27)15-7-3-4-8-16(15)20(26)28/h3-4,7-10,13H,2,5-6,11-12H2,1H3. The van der Waals surface area contributed by atoms with Gasteiger partial charge in [0.15, 0.2) is 5.16 Å². The van der Waals surface area contributed by atoms with E-state index in [9.17, 15) is 14.4 Å². The Kier molecular flexibility index (Phi) is 6.06. The largest absolute Gasteiger partial charge is 0.287 e. The molecule has 2 heterocycles. The van der Waals surface area contributed by atoms with Crippen molar-refractivity contribution in [2.45, 2.75) is 31.5 Å². The van der Waals surface area contributed by atoms with Crippen molar-refractivity contribution in [3.05, 3.63) is 68.4 Å². The first-order chi connectivity index (χ1) is 14.5. The summed E-state index contributed by atoms with van der Waals surface area (Å²) in [5.74, 6) is 0.313. The van der Waals surface area contributed by atoms with Crippen LogP contribution < -0.4 is 5.56 Å². The zero-order valence-electron chi connectivity index (χ0n) is 16.4. The van der Waals surface area contributed by atoms with Gasteiger partial charge in [0.25, 0.3) is 17.4 Å². The molecule has 0 saturated heterocycles. The monoisotopic (exact) mass is 485 g/mol. The summed E-state index contributed by atoms with van der Waals surface area (Å²) >= 11 is 4.93. The number of carbonyl (C=O) groups excluding carboxylic acids is 2. The number of rotatable bonds is 7. The summed E-state index contributed by atoms with van der Waals surface area (Å²) in [6.45, 7) is 2.87. The van der Waals surface area contributed by atoms with Gasteiger partial charge in [0.1, 0.15) is 0 Å². The van der Waals surface area contributed by atoms with Crippen LogP contribution in [-0.4, -0.2) is 38.6 Å². The van der Waals surface area contributed by atoms with Gasteiger partial charge in [0.2, 0.25) is 0 Å². The molecule has 0 fully saturated rings. The predicted molar refractivity (Wildman–Crippen MR) is 121 cm³/mol. The molecule has 0 unspecified atom stereocenters. The molecular formula is C22H20BrN3O3S. The number of carbonyl (C=O) groups is 2. The molecule has 0 atom stereocenters. The van der Waals surface area contributed by atoms with Crippen LogP contribution in [0, 0.1) is 0 Å². The molecule has 3 aromatic rings. The number of halogens is 1. The summed E-state index contributed by atoms with van der Waals surface area (Å²) in [5.41, 5.74) is 1.60. The van der Waals surface area contributed by atoms with Crippen LogP contribution in [-0.2, 0) is 6.54 Å². The van der Waals surface area contributed by atoms with E-state index in [1.165, 1.54) is 16.7 Å². The number of nitrogens with zero attached hydrogens (tertiary/aromatic N) is 3. The van der Waals surface area contributed by atoms with Gasteiger partial charge >= 0.3 is 0 Å². The van der Waals surface area contributed by atoms with E-state index in [0.29, 0.717) is 46.7 Å². The number of thioether (sulfide) groups is 1. The van der Waals surface area contributed by atoms with Crippen LogP contribution in [0.15, 0.2) is 56.9 Å². The van der Waals surface area contributed by atoms with Gasteiger partial charge in [-0.3, -0.25) is 23.9 Å². The Morgan fingerprint density at radius 1 is 1.00 bits per heavy atom. The second-order valence-electron chi connectivity index (χ2n) is 6.97. The number of hydrogen-bond donors (Lipinski definition) is 0. The lowest BCUT2D eigenvalue weighted by molar-refractivity contribution is 0.0652. The average Bonchev–Trinajstić information content (AvgIpc) is 2.99. The van der Waals surface area contributed by atoms with Crippen LogP contribution in [0.2, 0.25) is 0 Å². The summed E-state index contributed by atoms with van der Waals surface area (Å²) in [4.78, 5) is 43.6. The van der Waals surface area contributed by atoms with Crippen LogP contribution in [0.3, 0.4) is 0 Å². The molecule has 30 heavy (non-hydrogen) atoms. The predicted octanol–water partition coefficient (Wildman–Crippen LogP) is 4.35. The summed E-state index contributed by atoms with van der Waals surface area (Å²) in [6.07, 6.45) is 1.51. The molecule has 2 aromatic carbocycles. The molecule has 0 bridgehead atoms. The summed E-state index contributed by atoms with van der Waals surface area (Å²) in [5, 5.41) is 1.29. The molecule has 154 valence electrons. The zero-order valence-corrected chi connectivity index (χ0v) is 18.8. The molecule has 0 spiro atoms. The van der Waals surface area contributed by atoms with Crippen molar-refractivity contribution < 1.29 is 9.59 Å². The summed E-state index contributed by atoms with van der Waals surface area (Å²) in [6, 6.07) is 12.4. The molecule has 8 heteroatoms. The third kappa shape index (κ3) is 3.81. The first-order valence-electron chi connectivity index (χ1n) is 9.79. The summed E-state index contributed by atoms with van der Waals surface area (Å²) < 4.78 is 2.54. The van der Waals surface area contributed by atoms with Crippen molar-refractivity contribution in [2.24, 2.45) is 0 Å². The number of fused-ring (bicyclic) bond motifs is 2. The van der Waals surface area contributed by atoms with Crippen LogP contribution in [0.5, 0.6) is 0 Å². The minimum Gasteiger partial charge on any atom is -0.287 e. The summed E-state index contributed by atoms with van der Waals surface area (Å²) in [7, 11) is 0. The lowest BCUT2D eigenvalue weighted by Crippen LogP contribution is -2.30. The Hall–Kier alpha value is -2.45. The molecule has 6 nitrogen and oxygen atoms in total. The van der Waals surface area contributed by atoms with Crippen LogP contribution in [0.4, 0.5) is 0 Å². The zero-order chi connectivity index (χ0) is 21.3. The topological polar surface area (TPSA) is 72.3 Å². The highest BCUT2D eigenvalue weighted by Crippen LogP contribution is 2.24. The lowest BCUT2D eigenvalue weighted by atomic mass is 10.1. The molecule has 0 N–H and O–H groups in total. The van der Waals surface area contributed by atoms with E-state index in [-0.39, 0.29) is 17.4 Å². The smallest absolute Gasteiger partial charge is 0.262 e. The van der Waals surface area contributed by atoms with Gasteiger partial charge in [-0.1, -0.05) is 39.8 Å². The van der Waals surface area contributed by atoms with E-state index >= 15 is 0 Å². The third-order valence-corrected chi connectivity index (χ3v) is 6.64. The van der Waals surface area contributed by atoms with Gasteiger partial charge in [0.05, 0.1) is 22.0 Å².